The van der Waals surface area contributed by atoms with E-state index in [0.29, 0.717) is 21.4 Å². The Labute approximate surface area is 172 Å². The lowest BCUT2D eigenvalue weighted by atomic mass is 10.2. The number of carbonyl (C=O) groups excluding carboxylic acids is 1. The summed E-state index contributed by atoms with van der Waals surface area (Å²) in [4.78, 5) is 12.5. The van der Waals surface area contributed by atoms with Gasteiger partial charge < -0.3 is 0 Å². The zero-order chi connectivity index (χ0) is 19.6. The van der Waals surface area contributed by atoms with E-state index in [4.69, 9.17) is 0 Å². The molecule has 0 aliphatic carbocycles. The Morgan fingerprint density at radius 1 is 1.04 bits per heavy atom. The summed E-state index contributed by atoms with van der Waals surface area (Å²) < 4.78 is 27.4. The fourth-order valence-corrected chi connectivity index (χ4v) is 5.78. The Hall–Kier alpha value is -2.60. The molecule has 0 bridgehead atoms. The minimum absolute atomic E-state index is 0.206. The first-order chi connectivity index (χ1) is 13.5. The normalized spacial score (nSPS) is 11.3. The molecule has 0 saturated heterocycles. The molecule has 3 heterocycles. The number of nitrogens with one attached hydrogen (secondary N) is 2. The number of thiophene rings is 2. The van der Waals surface area contributed by atoms with Gasteiger partial charge in [0, 0.05) is 22.2 Å². The number of nitrogens with zero attached hydrogens (tertiary/aromatic N) is 2. The SMILES string of the molecule is O=C(Nc1nnc(-c2ccsc2)s1)c1cccc(NS(=O)(=O)c2cccs2)c1. The predicted octanol–water partition coefficient (Wildman–Crippen LogP) is 4.38. The number of sulfonamides is 1. The number of aromatic nitrogens is 2. The summed E-state index contributed by atoms with van der Waals surface area (Å²) in [7, 11) is -3.68. The van der Waals surface area contributed by atoms with Gasteiger partial charge in [-0.25, -0.2) is 8.42 Å². The maximum atomic E-state index is 12.5. The Bertz CT molecular complexity index is 1200. The lowest BCUT2D eigenvalue weighted by Gasteiger charge is -2.08. The maximum absolute atomic E-state index is 12.5. The van der Waals surface area contributed by atoms with Gasteiger partial charge in [0.05, 0.1) is 0 Å². The standard InChI is InChI=1S/C17H12N4O3S4/c22-15(18-17-20-19-16(27-17)12-6-8-25-10-12)11-3-1-4-13(9-11)21-28(23,24)14-5-2-7-26-14/h1-10,21H,(H,18,20,22). The van der Waals surface area contributed by atoms with Crippen LogP contribution in [0.5, 0.6) is 0 Å². The molecule has 0 saturated carbocycles. The van der Waals surface area contributed by atoms with Gasteiger partial charge in [-0.05, 0) is 41.1 Å². The number of hydrogen-bond donors (Lipinski definition) is 2. The number of anilines is 2. The molecule has 1 aromatic carbocycles. The van der Waals surface area contributed by atoms with Crippen molar-refractivity contribution in [1.29, 1.82) is 0 Å². The molecule has 1 amide bonds. The van der Waals surface area contributed by atoms with Gasteiger partial charge in [-0.15, -0.1) is 21.5 Å². The Morgan fingerprint density at radius 3 is 2.68 bits per heavy atom. The molecule has 0 unspecified atom stereocenters. The van der Waals surface area contributed by atoms with E-state index in [9.17, 15) is 13.2 Å². The fraction of sp³-hybridized carbons (Fsp3) is 0. The van der Waals surface area contributed by atoms with Gasteiger partial charge in [-0.1, -0.05) is 23.5 Å². The van der Waals surface area contributed by atoms with E-state index >= 15 is 0 Å². The van der Waals surface area contributed by atoms with Crippen LogP contribution < -0.4 is 10.0 Å². The quantitative estimate of drug-likeness (QED) is 0.456. The third kappa shape index (κ3) is 4.12. The average Bonchev–Trinajstić information content (AvgIpc) is 3.43. The van der Waals surface area contributed by atoms with Crippen LogP contribution in [0.4, 0.5) is 10.8 Å². The van der Waals surface area contributed by atoms with E-state index in [-0.39, 0.29) is 4.21 Å². The van der Waals surface area contributed by atoms with E-state index < -0.39 is 15.9 Å². The minimum atomic E-state index is -3.68. The molecular weight excluding hydrogens is 436 g/mol. The van der Waals surface area contributed by atoms with Crippen molar-refractivity contribution >= 4 is 60.8 Å². The molecule has 0 radical (unpaired) electrons. The molecular formula is C17H12N4O3S4. The van der Waals surface area contributed by atoms with Crippen molar-refractivity contribution in [3.05, 3.63) is 64.2 Å². The van der Waals surface area contributed by atoms with E-state index in [1.807, 2.05) is 16.8 Å². The van der Waals surface area contributed by atoms with Crippen LogP contribution >= 0.6 is 34.0 Å². The maximum Gasteiger partial charge on any atom is 0.271 e. The molecule has 3 aromatic heterocycles. The summed E-state index contributed by atoms with van der Waals surface area (Å²) in [5, 5.41) is 17.4. The van der Waals surface area contributed by atoms with E-state index in [0.717, 1.165) is 16.9 Å². The van der Waals surface area contributed by atoms with Gasteiger partial charge in [0.25, 0.3) is 15.9 Å². The van der Waals surface area contributed by atoms with Crippen molar-refractivity contribution in [2.75, 3.05) is 10.0 Å². The first kappa shape index (κ1) is 18.7. The lowest BCUT2D eigenvalue weighted by molar-refractivity contribution is 0.102. The van der Waals surface area contributed by atoms with Crippen molar-refractivity contribution < 1.29 is 13.2 Å². The number of rotatable bonds is 6. The molecule has 142 valence electrons. The Kier molecular flexibility index (Phi) is 5.22. The molecule has 0 aliphatic heterocycles. The van der Waals surface area contributed by atoms with Gasteiger partial charge in [-0.3, -0.25) is 14.8 Å². The first-order valence-corrected chi connectivity index (χ1v) is 12.0. The van der Waals surface area contributed by atoms with Crippen LogP contribution in [0.3, 0.4) is 0 Å². The van der Waals surface area contributed by atoms with Crippen LogP contribution in [-0.4, -0.2) is 24.5 Å². The monoisotopic (exact) mass is 448 g/mol. The lowest BCUT2D eigenvalue weighted by Crippen LogP contribution is -2.14. The van der Waals surface area contributed by atoms with Crippen molar-refractivity contribution in [3.63, 3.8) is 0 Å². The topological polar surface area (TPSA) is 101 Å². The van der Waals surface area contributed by atoms with Crippen LogP contribution in [0.15, 0.2) is 62.8 Å². The van der Waals surface area contributed by atoms with Gasteiger partial charge >= 0.3 is 0 Å². The summed E-state index contributed by atoms with van der Waals surface area (Å²) in [5.41, 5.74) is 1.56. The Morgan fingerprint density at radius 2 is 1.93 bits per heavy atom. The number of hydrogen-bond acceptors (Lipinski definition) is 8. The molecule has 0 fully saturated rings. The van der Waals surface area contributed by atoms with Gasteiger partial charge in [0.1, 0.15) is 9.22 Å². The van der Waals surface area contributed by atoms with E-state index in [2.05, 4.69) is 20.2 Å². The summed E-state index contributed by atoms with van der Waals surface area (Å²) in [6.45, 7) is 0. The second-order valence-electron chi connectivity index (χ2n) is 5.50. The zero-order valence-corrected chi connectivity index (χ0v) is 17.3. The van der Waals surface area contributed by atoms with E-state index in [1.54, 1.807) is 41.0 Å². The van der Waals surface area contributed by atoms with Crippen molar-refractivity contribution in [2.24, 2.45) is 0 Å². The number of carbonyl (C=O) groups is 1. The van der Waals surface area contributed by atoms with Crippen LogP contribution in [0, 0.1) is 0 Å². The highest BCUT2D eigenvalue weighted by atomic mass is 32.2. The molecule has 0 spiro atoms. The molecule has 4 aromatic rings. The van der Waals surface area contributed by atoms with Crippen LogP contribution in [0.25, 0.3) is 10.6 Å². The molecule has 4 rings (SSSR count). The van der Waals surface area contributed by atoms with Crippen LogP contribution in [-0.2, 0) is 10.0 Å². The third-order valence-electron chi connectivity index (χ3n) is 3.55. The summed E-state index contributed by atoms with van der Waals surface area (Å²) in [6, 6.07) is 11.4. The molecule has 11 heteroatoms. The summed E-state index contributed by atoms with van der Waals surface area (Å²) in [5.74, 6) is -0.398. The van der Waals surface area contributed by atoms with Gasteiger partial charge in [0.2, 0.25) is 5.13 Å². The van der Waals surface area contributed by atoms with Crippen LogP contribution in [0.1, 0.15) is 10.4 Å². The van der Waals surface area contributed by atoms with Crippen molar-refractivity contribution in [2.45, 2.75) is 4.21 Å². The molecule has 0 aliphatic rings. The highest BCUT2D eigenvalue weighted by Crippen LogP contribution is 2.28. The number of amides is 1. The third-order valence-corrected chi connectivity index (χ3v) is 7.90. The van der Waals surface area contributed by atoms with E-state index in [1.165, 1.54) is 23.5 Å². The summed E-state index contributed by atoms with van der Waals surface area (Å²) in [6.07, 6.45) is 0. The minimum Gasteiger partial charge on any atom is -0.296 e. The molecule has 2 N–H and O–H groups in total. The van der Waals surface area contributed by atoms with Gasteiger partial charge in [-0.2, -0.15) is 11.3 Å². The number of benzene rings is 1. The largest absolute Gasteiger partial charge is 0.296 e. The highest BCUT2D eigenvalue weighted by Gasteiger charge is 2.17. The Balaban J connectivity index is 1.49. The second kappa shape index (κ2) is 7.80. The van der Waals surface area contributed by atoms with Crippen molar-refractivity contribution in [3.8, 4) is 10.6 Å². The summed E-state index contributed by atoms with van der Waals surface area (Å²) >= 11 is 3.94. The smallest absolute Gasteiger partial charge is 0.271 e. The average molecular weight is 449 g/mol. The highest BCUT2D eigenvalue weighted by molar-refractivity contribution is 7.94. The zero-order valence-electron chi connectivity index (χ0n) is 14.0. The molecule has 0 atom stereocenters. The predicted molar refractivity (Wildman–Crippen MR) is 113 cm³/mol. The van der Waals surface area contributed by atoms with Crippen molar-refractivity contribution in [1.82, 2.24) is 10.2 Å². The molecule has 7 nitrogen and oxygen atoms in total. The van der Waals surface area contributed by atoms with Gasteiger partial charge in [0.15, 0.2) is 0 Å². The van der Waals surface area contributed by atoms with Crippen LogP contribution in [0.2, 0.25) is 0 Å². The second-order valence-corrected chi connectivity index (χ2v) is 10.1. The fourth-order valence-electron chi connectivity index (χ4n) is 2.29. The molecule has 28 heavy (non-hydrogen) atoms. The first-order valence-electron chi connectivity index (χ1n) is 7.85.